The molecule has 40 heavy (non-hydrogen) atoms. The fraction of sp³-hybridized carbons (Fsp3) is 0.320. The summed E-state index contributed by atoms with van der Waals surface area (Å²) in [4.78, 5) is 32.4. The summed E-state index contributed by atoms with van der Waals surface area (Å²) < 4.78 is 33.8. The number of nitrogens with one attached hydrogen (secondary N) is 2. The number of nitrogens with two attached hydrogens (primary N) is 1. The van der Waals surface area contributed by atoms with E-state index >= 15 is 0 Å². The smallest absolute Gasteiger partial charge is 0.387 e. The summed E-state index contributed by atoms with van der Waals surface area (Å²) in [5, 5.41) is 14.9. The third kappa shape index (κ3) is 5.67. The predicted octanol–water partition coefficient (Wildman–Crippen LogP) is 2.89. The van der Waals surface area contributed by atoms with E-state index in [9.17, 15) is 18.4 Å². The molecule has 1 fully saturated rings. The zero-order valence-electron chi connectivity index (χ0n) is 21.5. The third-order valence-electron chi connectivity index (χ3n) is 6.28. The van der Waals surface area contributed by atoms with Gasteiger partial charge in [-0.25, -0.2) is 9.50 Å². The van der Waals surface area contributed by atoms with Gasteiger partial charge in [0, 0.05) is 54.3 Å². The number of rotatable bonds is 7. The number of fused-ring (bicyclic) bond motifs is 1. The lowest BCUT2D eigenvalue weighted by molar-refractivity contribution is -0.133. The van der Waals surface area contributed by atoms with E-state index < -0.39 is 12.5 Å². The first-order valence-electron chi connectivity index (χ1n) is 12.3. The second-order valence-corrected chi connectivity index (χ2v) is 9.91. The highest BCUT2D eigenvalue weighted by Crippen LogP contribution is 2.37. The lowest BCUT2D eigenvalue weighted by atomic mass is 10.1. The SMILES string of the molecule is CC1CN(C(=O)Cn2cc(NC(=O)c3c(N)nn4cccnc34)c(-c3cc(Cl)ccc3OC(F)F)n2)CC(C)N1. The molecule has 12 nitrogen and oxygen atoms in total. The second-order valence-electron chi connectivity index (χ2n) is 9.48. The van der Waals surface area contributed by atoms with E-state index in [1.807, 2.05) is 13.8 Å². The minimum absolute atomic E-state index is 0.00863. The Morgan fingerprint density at radius 3 is 2.73 bits per heavy atom. The number of amides is 2. The standard InChI is InChI=1S/C25H26ClF2N9O3/c1-13-9-35(10-14(2)31-13)19(38)12-36-11-17(21(33-36)16-8-15(26)4-5-18(16)40-25(27)28)32-24(39)20-22(29)34-37-7-3-6-30-23(20)37/h3-8,11,13-14,25,31H,9-10,12H2,1-2H3,(H2,29,34)(H,32,39). The van der Waals surface area contributed by atoms with Crippen molar-refractivity contribution in [3.8, 4) is 17.0 Å². The van der Waals surface area contributed by atoms with E-state index in [4.69, 9.17) is 22.1 Å². The van der Waals surface area contributed by atoms with E-state index in [-0.39, 0.29) is 69.3 Å². The Bertz CT molecular complexity index is 1560. The topological polar surface area (TPSA) is 145 Å². The Hall–Kier alpha value is -4.30. The minimum Gasteiger partial charge on any atom is -0.434 e. The number of carbonyl (C=O) groups excluding carboxylic acids is 2. The van der Waals surface area contributed by atoms with E-state index in [1.54, 1.807) is 17.2 Å². The molecule has 0 spiro atoms. The van der Waals surface area contributed by atoms with Crippen molar-refractivity contribution in [2.45, 2.75) is 39.1 Å². The molecule has 0 bridgehead atoms. The van der Waals surface area contributed by atoms with Gasteiger partial charge in [-0.2, -0.15) is 13.9 Å². The average Bonchev–Trinajstić information content (AvgIpc) is 3.43. The maximum Gasteiger partial charge on any atom is 0.387 e. The van der Waals surface area contributed by atoms with Crippen molar-refractivity contribution >= 4 is 40.6 Å². The molecule has 0 radical (unpaired) electrons. The zero-order valence-corrected chi connectivity index (χ0v) is 22.3. The highest BCUT2D eigenvalue weighted by Gasteiger charge is 2.27. The molecule has 1 saturated heterocycles. The van der Waals surface area contributed by atoms with Gasteiger partial charge in [0.25, 0.3) is 5.91 Å². The maximum atomic E-state index is 13.4. The molecule has 15 heteroatoms. The van der Waals surface area contributed by atoms with Gasteiger partial charge in [-0.15, -0.1) is 5.10 Å². The molecule has 0 saturated carbocycles. The second kappa shape index (κ2) is 11.1. The number of anilines is 2. The van der Waals surface area contributed by atoms with Crippen LogP contribution in [0, 0.1) is 0 Å². The fourth-order valence-corrected chi connectivity index (χ4v) is 4.93. The number of benzene rings is 1. The van der Waals surface area contributed by atoms with Crippen molar-refractivity contribution < 1.29 is 23.1 Å². The first kappa shape index (κ1) is 27.3. The van der Waals surface area contributed by atoms with Gasteiger partial charge in [-0.05, 0) is 38.1 Å². The van der Waals surface area contributed by atoms with Gasteiger partial charge < -0.3 is 26.0 Å². The van der Waals surface area contributed by atoms with Gasteiger partial charge in [-0.1, -0.05) is 11.6 Å². The van der Waals surface area contributed by atoms with E-state index in [0.29, 0.717) is 13.1 Å². The van der Waals surface area contributed by atoms with Gasteiger partial charge in [0.1, 0.15) is 23.6 Å². The van der Waals surface area contributed by atoms with Gasteiger partial charge in [0.05, 0.1) is 5.69 Å². The van der Waals surface area contributed by atoms with Crippen molar-refractivity contribution in [3.05, 3.63) is 53.4 Å². The number of halogens is 3. The number of hydrogen-bond acceptors (Lipinski definition) is 8. The van der Waals surface area contributed by atoms with Crippen LogP contribution in [0.2, 0.25) is 5.02 Å². The van der Waals surface area contributed by atoms with Crippen LogP contribution >= 0.6 is 11.6 Å². The number of carbonyl (C=O) groups is 2. The van der Waals surface area contributed by atoms with Crippen molar-refractivity contribution in [1.82, 2.24) is 34.6 Å². The van der Waals surface area contributed by atoms with Crippen molar-refractivity contribution in [3.63, 3.8) is 0 Å². The maximum absolute atomic E-state index is 13.4. The molecule has 2 unspecified atom stereocenters. The summed E-state index contributed by atoms with van der Waals surface area (Å²) in [5.41, 5.74) is 6.48. The Labute approximate surface area is 232 Å². The first-order valence-corrected chi connectivity index (χ1v) is 12.7. The molecule has 1 aliphatic heterocycles. The molecule has 4 aromatic rings. The van der Waals surface area contributed by atoms with Crippen LogP contribution in [0.4, 0.5) is 20.3 Å². The third-order valence-corrected chi connectivity index (χ3v) is 6.51. The number of alkyl halides is 2. The van der Waals surface area contributed by atoms with Crippen LogP contribution in [0.5, 0.6) is 5.75 Å². The van der Waals surface area contributed by atoms with Crippen molar-refractivity contribution in [2.75, 3.05) is 24.1 Å². The Morgan fingerprint density at radius 1 is 1.25 bits per heavy atom. The molecular formula is C25H26ClF2N9O3. The summed E-state index contributed by atoms with van der Waals surface area (Å²) in [6.45, 7) is 1.72. The Kier molecular flexibility index (Phi) is 7.54. The molecule has 210 valence electrons. The summed E-state index contributed by atoms with van der Waals surface area (Å²) in [5.74, 6) is -1.14. The van der Waals surface area contributed by atoms with Crippen molar-refractivity contribution in [1.29, 1.82) is 0 Å². The molecule has 4 N–H and O–H groups in total. The summed E-state index contributed by atoms with van der Waals surface area (Å²) in [6.07, 6.45) is 4.50. The molecule has 2 atom stereocenters. The molecule has 0 aliphatic carbocycles. The van der Waals surface area contributed by atoms with Gasteiger partial charge in [0.15, 0.2) is 11.5 Å². The monoisotopic (exact) mass is 573 g/mol. The normalized spacial score (nSPS) is 17.4. The highest BCUT2D eigenvalue weighted by atomic mass is 35.5. The number of aromatic nitrogens is 5. The highest BCUT2D eigenvalue weighted by molar-refractivity contribution is 6.31. The van der Waals surface area contributed by atoms with Crippen LogP contribution in [-0.2, 0) is 11.3 Å². The number of ether oxygens (including phenoxy) is 1. The number of hydrogen-bond donors (Lipinski definition) is 3. The van der Waals surface area contributed by atoms with Crippen LogP contribution in [0.3, 0.4) is 0 Å². The number of nitrogen functional groups attached to an aromatic ring is 1. The van der Waals surface area contributed by atoms with Crippen molar-refractivity contribution in [2.24, 2.45) is 0 Å². The van der Waals surface area contributed by atoms with Crippen LogP contribution in [0.25, 0.3) is 16.9 Å². The lowest BCUT2D eigenvalue weighted by Gasteiger charge is -2.36. The molecule has 1 aliphatic rings. The number of piperazine rings is 1. The number of nitrogens with zero attached hydrogens (tertiary/aromatic N) is 6. The molecule has 1 aromatic carbocycles. The predicted molar refractivity (Wildman–Crippen MR) is 143 cm³/mol. The van der Waals surface area contributed by atoms with Gasteiger partial charge in [0.2, 0.25) is 5.91 Å². The van der Waals surface area contributed by atoms with Crippen LogP contribution in [-0.4, -0.2) is 72.9 Å². The Balaban J connectivity index is 1.53. The Morgan fingerprint density at radius 2 is 2.00 bits per heavy atom. The zero-order chi connectivity index (χ0) is 28.6. The van der Waals surface area contributed by atoms with E-state index in [2.05, 4.69) is 25.8 Å². The fourth-order valence-electron chi connectivity index (χ4n) is 4.75. The lowest BCUT2D eigenvalue weighted by Crippen LogP contribution is -2.56. The molecule has 5 rings (SSSR count). The van der Waals surface area contributed by atoms with E-state index in [1.165, 1.54) is 39.8 Å². The van der Waals surface area contributed by atoms with Gasteiger partial charge in [-0.3, -0.25) is 14.3 Å². The largest absolute Gasteiger partial charge is 0.434 e. The quantitative estimate of drug-likeness (QED) is 0.306. The van der Waals surface area contributed by atoms with Crippen LogP contribution < -0.4 is 21.1 Å². The molecule has 2 amide bonds. The molecular weight excluding hydrogens is 548 g/mol. The van der Waals surface area contributed by atoms with Crippen LogP contribution in [0.15, 0.2) is 42.9 Å². The first-order chi connectivity index (χ1) is 19.1. The minimum atomic E-state index is -3.12. The summed E-state index contributed by atoms with van der Waals surface area (Å²) >= 11 is 6.18. The summed E-state index contributed by atoms with van der Waals surface area (Å²) in [6, 6.07) is 5.90. The van der Waals surface area contributed by atoms with Gasteiger partial charge >= 0.3 is 6.61 Å². The van der Waals surface area contributed by atoms with E-state index in [0.717, 1.165) is 0 Å². The van der Waals surface area contributed by atoms with Crippen LogP contribution in [0.1, 0.15) is 24.2 Å². The molecule has 4 heterocycles. The average molecular weight is 574 g/mol. The molecule has 3 aromatic heterocycles. The summed E-state index contributed by atoms with van der Waals surface area (Å²) in [7, 11) is 0.